The number of rotatable bonds is 5. The van der Waals surface area contributed by atoms with Gasteiger partial charge in [0.1, 0.15) is 5.75 Å². The van der Waals surface area contributed by atoms with Crippen LogP contribution in [0.1, 0.15) is 19.3 Å². The predicted octanol–water partition coefficient (Wildman–Crippen LogP) is 1.25. The highest BCUT2D eigenvalue weighted by atomic mass is 16.5. The third kappa shape index (κ3) is 3.47. The maximum absolute atomic E-state index is 12.0. The van der Waals surface area contributed by atoms with Crippen LogP contribution in [-0.4, -0.2) is 43.1 Å². The van der Waals surface area contributed by atoms with Crippen LogP contribution in [0.5, 0.6) is 5.75 Å². The standard InChI is InChI=1S/C16H23N3O2/c17-13-3-1-2-4-15(13)21-10-7-16(20)18-14-11-19-8-5-12(14)6-9-19/h1-4,12,14H,5-11,17H2,(H,18,20). The normalized spacial score (nSPS) is 27.3. The minimum Gasteiger partial charge on any atom is -0.491 e. The number of hydrogen-bond donors (Lipinski definition) is 2. The molecule has 0 aliphatic carbocycles. The van der Waals surface area contributed by atoms with E-state index >= 15 is 0 Å². The van der Waals surface area contributed by atoms with Crippen molar-refractivity contribution in [2.24, 2.45) is 5.92 Å². The first-order chi connectivity index (χ1) is 10.2. The molecule has 3 fully saturated rings. The highest BCUT2D eigenvalue weighted by Gasteiger charge is 2.34. The summed E-state index contributed by atoms with van der Waals surface area (Å²) >= 11 is 0. The number of carbonyl (C=O) groups excluding carboxylic acids is 1. The van der Waals surface area contributed by atoms with Crippen molar-refractivity contribution >= 4 is 11.6 Å². The monoisotopic (exact) mass is 289 g/mol. The van der Waals surface area contributed by atoms with Crippen LogP contribution in [0, 0.1) is 5.92 Å². The summed E-state index contributed by atoms with van der Waals surface area (Å²) in [4.78, 5) is 14.5. The van der Waals surface area contributed by atoms with Crippen LogP contribution in [0.25, 0.3) is 0 Å². The second-order valence-corrected chi connectivity index (χ2v) is 5.95. The van der Waals surface area contributed by atoms with Gasteiger partial charge >= 0.3 is 0 Å². The Bertz CT molecular complexity index is 498. The number of para-hydroxylation sites is 2. The quantitative estimate of drug-likeness (QED) is 0.801. The molecular formula is C16H23N3O2. The van der Waals surface area contributed by atoms with Crippen LogP contribution in [0.15, 0.2) is 24.3 Å². The number of amides is 1. The Kier molecular flexibility index (Phi) is 4.29. The van der Waals surface area contributed by atoms with Gasteiger partial charge in [-0.3, -0.25) is 4.79 Å². The van der Waals surface area contributed by atoms with E-state index in [4.69, 9.17) is 10.5 Å². The SMILES string of the molecule is Nc1ccccc1OCCC(=O)NC1CN2CCC1CC2. The fraction of sp³-hybridized carbons (Fsp3) is 0.562. The lowest BCUT2D eigenvalue weighted by molar-refractivity contribution is -0.123. The summed E-state index contributed by atoms with van der Waals surface area (Å²) in [6.45, 7) is 3.74. The molecule has 0 spiro atoms. The molecule has 0 saturated carbocycles. The van der Waals surface area contributed by atoms with Crippen molar-refractivity contribution in [1.29, 1.82) is 0 Å². The van der Waals surface area contributed by atoms with Crippen LogP contribution in [0.2, 0.25) is 0 Å². The number of hydrogen-bond acceptors (Lipinski definition) is 4. The second-order valence-electron chi connectivity index (χ2n) is 5.95. The average Bonchev–Trinajstić information content (AvgIpc) is 2.50. The summed E-state index contributed by atoms with van der Waals surface area (Å²) in [7, 11) is 0. The van der Waals surface area contributed by atoms with E-state index in [2.05, 4.69) is 10.2 Å². The van der Waals surface area contributed by atoms with Gasteiger partial charge in [0.05, 0.1) is 18.7 Å². The fourth-order valence-corrected chi connectivity index (χ4v) is 3.27. The number of nitrogens with one attached hydrogen (secondary N) is 1. The first-order valence-electron chi connectivity index (χ1n) is 7.71. The molecular weight excluding hydrogens is 266 g/mol. The largest absolute Gasteiger partial charge is 0.491 e. The van der Waals surface area contributed by atoms with Gasteiger partial charge in [-0.2, -0.15) is 0 Å². The Morgan fingerprint density at radius 3 is 2.76 bits per heavy atom. The Labute approximate surface area is 125 Å². The number of anilines is 1. The lowest BCUT2D eigenvalue weighted by atomic mass is 9.84. The van der Waals surface area contributed by atoms with Gasteiger partial charge in [0.25, 0.3) is 0 Å². The number of nitrogens with two attached hydrogens (primary N) is 1. The molecule has 3 aliphatic rings. The summed E-state index contributed by atoms with van der Waals surface area (Å²) in [6.07, 6.45) is 2.79. The topological polar surface area (TPSA) is 67.6 Å². The Balaban J connectivity index is 1.42. The molecule has 1 aromatic rings. The van der Waals surface area contributed by atoms with E-state index in [1.165, 1.54) is 25.9 Å². The van der Waals surface area contributed by atoms with Gasteiger partial charge in [0.15, 0.2) is 0 Å². The molecule has 0 radical (unpaired) electrons. The lowest BCUT2D eigenvalue weighted by Gasteiger charge is -2.44. The minimum absolute atomic E-state index is 0.0725. The third-order valence-electron chi connectivity index (χ3n) is 4.51. The van der Waals surface area contributed by atoms with Crippen molar-refractivity contribution in [3.63, 3.8) is 0 Å². The molecule has 0 aromatic heterocycles. The van der Waals surface area contributed by atoms with E-state index in [0.29, 0.717) is 36.4 Å². The van der Waals surface area contributed by atoms with E-state index in [-0.39, 0.29) is 5.91 Å². The summed E-state index contributed by atoms with van der Waals surface area (Å²) in [5.41, 5.74) is 6.40. The second kappa shape index (κ2) is 6.35. The predicted molar refractivity (Wildman–Crippen MR) is 82.1 cm³/mol. The van der Waals surface area contributed by atoms with E-state index in [1.54, 1.807) is 6.07 Å². The van der Waals surface area contributed by atoms with Crippen molar-refractivity contribution in [2.75, 3.05) is 32.0 Å². The van der Waals surface area contributed by atoms with Crippen LogP contribution in [0.3, 0.4) is 0 Å². The number of fused-ring (bicyclic) bond motifs is 3. The molecule has 1 aromatic carbocycles. The summed E-state index contributed by atoms with van der Waals surface area (Å²) in [6, 6.07) is 7.67. The maximum Gasteiger partial charge on any atom is 0.223 e. The van der Waals surface area contributed by atoms with Gasteiger partial charge in [-0.15, -0.1) is 0 Å². The Morgan fingerprint density at radius 2 is 2.10 bits per heavy atom. The van der Waals surface area contributed by atoms with Crippen molar-refractivity contribution in [3.8, 4) is 5.75 Å². The number of nitrogen functional groups attached to an aromatic ring is 1. The number of ether oxygens (including phenoxy) is 1. The van der Waals surface area contributed by atoms with E-state index < -0.39 is 0 Å². The molecule has 3 aliphatic heterocycles. The van der Waals surface area contributed by atoms with Gasteiger partial charge in [0.2, 0.25) is 5.91 Å². The first kappa shape index (κ1) is 14.2. The number of carbonyl (C=O) groups is 1. The lowest BCUT2D eigenvalue weighted by Crippen LogP contribution is -2.57. The zero-order chi connectivity index (χ0) is 14.7. The zero-order valence-electron chi connectivity index (χ0n) is 12.3. The third-order valence-corrected chi connectivity index (χ3v) is 4.51. The van der Waals surface area contributed by atoms with Crippen molar-refractivity contribution in [1.82, 2.24) is 10.2 Å². The summed E-state index contributed by atoms with van der Waals surface area (Å²) in [5.74, 6) is 1.38. The molecule has 1 atom stereocenters. The number of piperidine rings is 3. The van der Waals surface area contributed by atoms with Gasteiger partial charge in [-0.1, -0.05) is 12.1 Å². The van der Waals surface area contributed by atoms with Crippen LogP contribution >= 0.6 is 0 Å². The number of nitrogens with zero attached hydrogens (tertiary/aromatic N) is 1. The average molecular weight is 289 g/mol. The van der Waals surface area contributed by atoms with Crippen molar-refractivity contribution in [3.05, 3.63) is 24.3 Å². The highest BCUT2D eigenvalue weighted by Crippen LogP contribution is 2.27. The molecule has 1 amide bonds. The Morgan fingerprint density at radius 1 is 1.33 bits per heavy atom. The van der Waals surface area contributed by atoms with Crippen LogP contribution in [0.4, 0.5) is 5.69 Å². The summed E-state index contributed by atoms with van der Waals surface area (Å²) in [5, 5.41) is 3.16. The molecule has 4 rings (SSSR count). The highest BCUT2D eigenvalue weighted by molar-refractivity contribution is 5.76. The Hall–Kier alpha value is -1.75. The molecule has 2 bridgehead atoms. The van der Waals surface area contributed by atoms with Gasteiger partial charge < -0.3 is 20.7 Å². The molecule has 114 valence electrons. The molecule has 5 nitrogen and oxygen atoms in total. The van der Waals surface area contributed by atoms with Crippen molar-refractivity contribution in [2.45, 2.75) is 25.3 Å². The van der Waals surface area contributed by atoms with Crippen LogP contribution < -0.4 is 15.8 Å². The molecule has 3 N–H and O–H groups in total. The van der Waals surface area contributed by atoms with Gasteiger partial charge in [-0.25, -0.2) is 0 Å². The smallest absolute Gasteiger partial charge is 0.223 e. The molecule has 3 heterocycles. The van der Waals surface area contributed by atoms with E-state index in [9.17, 15) is 4.79 Å². The minimum atomic E-state index is 0.0725. The molecule has 5 heteroatoms. The van der Waals surface area contributed by atoms with Gasteiger partial charge in [-0.05, 0) is 44.0 Å². The van der Waals surface area contributed by atoms with Gasteiger partial charge in [0, 0.05) is 12.6 Å². The summed E-state index contributed by atoms with van der Waals surface area (Å²) < 4.78 is 5.56. The zero-order valence-corrected chi connectivity index (χ0v) is 12.3. The molecule has 3 saturated heterocycles. The van der Waals surface area contributed by atoms with Crippen molar-refractivity contribution < 1.29 is 9.53 Å². The molecule has 1 unspecified atom stereocenters. The number of benzene rings is 1. The van der Waals surface area contributed by atoms with E-state index in [0.717, 1.165) is 6.54 Å². The van der Waals surface area contributed by atoms with Crippen LogP contribution in [-0.2, 0) is 4.79 Å². The van der Waals surface area contributed by atoms with E-state index in [1.807, 2.05) is 18.2 Å². The maximum atomic E-state index is 12.0. The first-order valence-corrected chi connectivity index (χ1v) is 7.71. The molecule has 21 heavy (non-hydrogen) atoms. The fourth-order valence-electron chi connectivity index (χ4n) is 3.27.